The summed E-state index contributed by atoms with van der Waals surface area (Å²) in [5, 5.41) is 21.6. The van der Waals surface area contributed by atoms with Crippen LogP contribution < -0.4 is 16.0 Å². The van der Waals surface area contributed by atoms with E-state index in [0.29, 0.717) is 34.6 Å². The molecule has 0 spiro atoms. The molecule has 0 saturated carbocycles. The van der Waals surface area contributed by atoms with Crippen LogP contribution in [0.4, 0.5) is 5.69 Å². The van der Waals surface area contributed by atoms with Gasteiger partial charge in [0.2, 0.25) is 5.76 Å². The molecule has 1 aromatic heterocycles. The highest BCUT2D eigenvalue weighted by molar-refractivity contribution is 6.12. The first kappa shape index (κ1) is 33.1. The van der Waals surface area contributed by atoms with Crippen LogP contribution in [-0.4, -0.2) is 27.9 Å². The molecule has 4 aromatic carbocycles. The van der Waals surface area contributed by atoms with Crippen molar-refractivity contribution in [2.24, 2.45) is 5.84 Å². The topological polar surface area (TPSA) is 184 Å². The highest BCUT2D eigenvalue weighted by atomic mass is 16.6. The summed E-state index contributed by atoms with van der Waals surface area (Å²) in [5.41, 5.74) is 6.72. The molecule has 12 nitrogen and oxygen atoms in total. The molecule has 0 saturated heterocycles. The number of hydrogen-bond acceptors (Lipinski definition) is 10. The number of nitrogen functional groups attached to an aromatic ring is 1. The van der Waals surface area contributed by atoms with Gasteiger partial charge in [-0.3, -0.25) is 20.3 Å². The van der Waals surface area contributed by atoms with Gasteiger partial charge in [-0.2, -0.15) is 0 Å². The predicted octanol–water partition coefficient (Wildman–Crippen LogP) is 6.64. The van der Waals surface area contributed by atoms with E-state index in [0.717, 1.165) is 39.9 Å². The van der Waals surface area contributed by atoms with Gasteiger partial charge in [0, 0.05) is 11.1 Å². The van der Waals surface area contributed by atoms with E-state index < -0.39 is 45.3 Å². The number of aryl methyl sites for hydroxylation is 2. The van der Waals surface area contributed by atoms with Crippen molar-refractivity contribution >= 4 is 23.5 Å². The van der Waals surface area contributed by atoms with E-state index in [1.54, 1.807) is 29.7 Å². The number of carbonyl (C=O) groups excluding carboxylic acids is 3. The number of ether oxygens (including phenoxy) is 2. The predicted molar refractivity (Wildman–Crippen MR) is 175 cm³/mol. The van der Waals surface area contributed by atoms with E-state index in [9.17, 15) is 29.6 Å². The highest BCUT2D eigenvalue weighted by Gasteiger charge is 2.34. The molecule has 0 bridgehead atoms. The SMILES string of the molecule is Cc1cc(C)c(C)c(COc2cccc(-c3c(-c4ccccc4)coc3C(=O)OC(=O)c3ccc(O)c([N+](=O)[O-])c3C(=O)NN)c2)c1C. The van der Waals surface area contributed by atoms with Crippen molar-refractivity contribution in [2.45, 2.75) is 34.3 Å². The number of nitro groups is 1. The number of aromatic hydroxyl groups is 1. The Morgan fingerprint density at radius 3 is 2.21 bits per heavy atom. The van der Waals surface area contributed by atoms with E-state index in [1.165, 1.54) is 6.26 Å². The Morgan fingerprint density at radius 2 is 1.56 bits per heavy atom. The number of nitrogens with one attached hydrogen (secondary N) is 1. The second-order valence-electron chi connectivity index (χ2n) is 11.0. The molecule has 0 aliphatic heterocycles. The van der Waals surface area contributed by atoms with Crippen molar-refractivity contribution in [3.05, 3.63) is 134 Å². The molecule has 244 valence electrons. The van der Waals surface area contributed by atoms with Gasteiger partial charge in [-0.15, -0.1) is 0 Å². The fraction of sp³-hybridized carbons (Fsp3) is 0.139. The zero-order valence-corrected chi connectivity index (χ0v) is 26.5. The maximum atomic E-state index is 13.6. The van der Waals surface area contributed by atoms with Crippen molar-refractivity contribution in [2.75, 3.05) is 0 Å². The lowest BCUT2D eigenvalue weighted by molar-refractivity contribution is -0.386. The average Bonchev–Trinajstić information content (AvgIpc) is 3.53. The zero-order chi connectivity index (χ0) is 34.7. The van der Waals surface area contributed by atoms with Crippen LogP contribution in [0.15, 0.2) is 83.5 Å². The van der Waals surface area contributed by atoms with Crippen LogP contribution in [0.3, 0.4) is 0 Å². The highest BCUT2D eigenvalue weighted by Crippen LogP contribution is 2.39. The van der Waals surface area contributed by atoms with Crippen LogP contribution in [0.2, 0.25) is 0 Å². The second-order valence-corrected chi connectivity index (χ2v) is 11.0. The lowest BCUT2D eigenvalue weighted by Crippen LogP contribution is -2.32. The fourth-order valence-electron chi connectivity index (χ4n) is 5.46. The fourth-order valence-corrected chi connectivity index (χ4v) is 5.46. The van der Waals surface area contributed by atoms with Gasteiger partial charge >= 0.3 is 17.6 Å². The molecule has 0 aliphatic carbocycles. The van der Waals surface area contributed by atoms with Crippen molar-refractivity contribution in [3.8, 4) is 33.8 Å². The summed E-state index contributed by atoms with van der Waals surface area (Å²) in [4.78, 5) is 49.8. The summed E-state index contributed by atoms with van der Waals surface area (Å²) >= 11 is 0. The van der Waals surface area contributed by atoms with Crippen molar-refractivity contribution in [1.82, 2.24) is 5.43 Å². The third kappa shape index (κ3) is 6.37. The molecule has 0 atom stereocenters. The van der Waals surface area contributed by atoms with Gasteiger partial charge in [-0.1, -0.05) is 48.5 Å². The van der Waals surface area contributed by atoms with Crippen LogP contribution in [0.25, 0.3) is 22.3 Å². The number of nitro benzene ring substituents is 1. The molecule has 0 radical (unpaired) electrons. The Morgan fingerprint density at radius 1 is 0.896 bits per heavy atom. The number of nitrogens with zero attached hydrogens (tertiary/aromatic N) is 1. The molecular formula is C36H31N3O9. The summed E-state index contributed by atoms with van der Waals surface area (Å²) in [6.07, 6.45) is 1.35. The molecule has 1 amide bonds. The van der Waals surface area contributed by atoms with E-state index in [2.05, 4.69) is 33.8 Å². The van der Waals surface area contributed by atoms with Crippen molar-refractivity contribution < 1.29 is 38.3 Å². The molecule has 0 aliphatic rings. The number of rotatable bonds is 9. The lowest BCUT2D eigenvalue weighted by atomic mass is 9.95. The number of phenolic OH excluding ortho intramolecular Hbond substituents is 1. The van der Waals surface area contributed by atoms with Crippen molar-refractivity contribution in [3.63, 3.8) is 0 Å². The molecule has 12 heteroatoms. The largest absolute Gasteiger partial charge is 0.502 e. The Bertz CT molecular complexity index is 2060. The number of furan rings is 1. The standard InChI is InChI=1S/C36H31N3O9/c1-19-15-20(2)22(4)27(21(19)3)17-46-25-12-8-11-24(16-25)30-28(23-9-6-5-7-10-23)18-47-33(30)36(43)48-35(42)26-13-14-29(40)32(39(44)45)31(26)34(41)38-37/h5-16,18,40H,17,37H2,1-4H3,(H,38,41). The summed E-state index contributed by atoms with van der Waals surface area (Å²) < 4.78 is 17.0. The van der Waals surface area contributed by atoms with Crippen LogP contribution in [0, 0.1) is 37.8 Å². The monoisotopic (exact) mass is 649 g/mol. The molecule has 5 aromatic rings. The maximum absolute atomic E-state index is 13.6. The number of esters is 2. The molecule has 5 rings (SSSR count). The van der Waals surface area contributed by atoms with Gasteiger partial charge in [0.1, 0.15) is 24.2 Å². The molecule has 0 unspecified atom stereocenters. The normalized spacial score (nSPS) is 10.8. The molecule has 1 heterocycles. The third-order valence-corrected chi connectivity index (χ3v) is 8.19. The number of benzene rings is 4. The first-order chi connectivity index (χ1) is 22.9. The van der Waals surface area contributed by atoms with Crippen molar-refractivity contribution in [1.29, 1.82) is 0 Å². The Hall–Kier alpha value is -6.27. The Kier molecular flexibility index (Phi) is 9.39. The second kappa shape index (κ2) is 13.6. The maximum Gasteiger partial charge on any atom is 0.382 e. The lowest BCUT2D eigenvalue weighted by Gasteiger charge is -2.16. The number of hydrogen-bond donors (Lipinski definition) is 3. The molecule has 0 fully saturated rings. The van der Waals surface area contributed by atoms with Crippen LogP contribution in [-0.2, 0) is 11.3 Å². The first-order valence-corrected chi connectivity index (χ1v) is 14.7. The van der Waals surface area contributed by atoms with E-state index in [-0.39, 0.29) is 5.76 Å². The van der Waals surface area contributed by atoms with Gasteiger partial charge < -0.3 is 19.0 Å². The van der Waals surface area contributed by atoms with Gasteiger partial charge in [0.05, 0.1) is 10.5 Å². The van der Waals surface area contributed by atoms with E-state index >= 15 is 0 Å². The summed E-state index contributed by atoms with van der Waals surface area (Å²) in [7, 11) is 0. The minimum atomic E-state index is -1.42. The zero-order valence-electron chi connectivity index (χ0n) is 26.5. The minimum absolute atomic E-state index is 0.292. The molecule has 4 N–H and O–H groups in total. The third-order valence-electron chi connectivity index (χ3n) is 8.19. The van der Waals surface area contributed by atoms with Gasteiger partial charge in [-0.25, -0.2) is 15.4 Å². The summed E-state index contributed by atoms with van der Waals surface area (Å²) in [6, 6.07) is 19.9. The number of phenols is 1. The van der Waals surface area contributed by atoms with E-state index in [4.69, 9.17) is 19.7 Å². The van der Waals surface area contributed by atoms with Gasteiger partial charge in [0.25, 0.3) is 5.91 Å². The summed E-state index contributed by atoms with van der Waals surface area (Å²) in [6.45, 7) is 8.52. The number of hydrazine groups is 1. The van der Waals surface area contributed by atoms with Crippen LogP contribution in [0.1, 0.15) is 59.1 Å². The summed E-state index contributed by atoms with van der Waals surface area (Å²) in [5.74, 6) is 0.527. The molecular weight excluding hydrogens is 618 g/mol. The average molecular weight is 650 g/mol. The smallest absolute Gasteiger partial charge is 0.382 e. The quantitative estimate of drug-likeness (QED) is 0.0390. The Labute approximate surface area is 274 Å². The van der Waals surface area contributed by atoms with Gasteiger partial charge in [-0.05, 0) is 90.9 Å². The number of carbonyl (C=O) groups is 3. The Balaban J connectivity index is 1.53. The number of amides is 1. The van der Waals surface area contributed by atoms with Gasteiger partial charge in [0.15, 0.2) is 5.75 Å². The van der Waals surface area contributed by atoms with E-state index in [1.807, 2.05) is 30.3 Å². The molecule has 48 heavy (non-hydrogen) atoms. The van der Waals surface area contributed by atoms with Crippen LogP contribution in [0.5, 0.6) is 11.5 Å². The van der Waals surface area contributed by atoms with Crippen LogP contribution >= 0.6 is 0 Å². The minimum Gasteiger partial charge on any atom is -0.502 e. The first-order valence-electron chi connectivity index (χ1n) is 14.7. The number of nitrogens with two attached hydrogens (primary N) is 1.